The summed E-state index contributed by atoms with van der Waals surface area (Å²) >= 11 is 1.61. The summed E-state index contributed by atoms with van der Waals surface area (Å²) in [5.41, 5.74) is 0.899. The van der Waals surface area contributed by atoms with Crippen molar-refractivity contribution in [2.75, 3.05) is 11.1 Å². The molecule has 0 radical (unpaired) electrons. The Kier molecular flexibility index (Phi) is 3.37. The summed E-state index contributed by atoms with van der Waals surface area (Å²) in [6.07, 6.45) is 8.16. The van der Waals surface area contributed by atoms with Crippen molar-refractivity contribution in [3.8, 4) is 0 Å². The third kappa shape index (κ3) is 2.43. The van der Waals surface area contributed by atoms with Crippen molar-refractivity contribution in [2.24, 2.45) is 0 Å². The monoisotopic (exact) mass is 305 g/mol. The fourth-order valence-electron chi connectivity index (χ4n) is 3.18. The predicted octanol–water partition coefficient (Wildman–Crippen LogP) is 2.20. The van der Waals surface area contributed by atoms with Gasteiger partial charge in [-0.3, -0.25) is 9.89 Å². The molecule has 4 rings (SSSR count). The van der Waals surface area contributed by atoms with E-state index in [-0.39, 0.29) is 5.56 Å². The van der Waals surface area contributed by atoms with Crippen molar-refractivity contribution in [1.29, 1.82) is 0 Å². The zero-order chi connectivity index (χ0) is 14.2. The smallest absolute Gasteiger partial charge is 0.287 e. The van der Waals surface area contributed by atoms with Gasteiger partial charge in [-0.2, -0.15) is 9.50 Å². The van der Waals surface area contributed by atoms with E-state index in [1.807, 2.05) is 0 Å². The second-order valence-electron chi connectivity index (χ2n) is 5.83. The lowest BCUT2D eigenvalue weighted by Crippen LogP contribution is -2.23. The molecule has 2 aliphatic rings. The summed E-state index contributed by atoms with van der Waals surface area (Å²) in [5.74, 6) is 2.15. The van der Waals surface area contributed by atoms with E-state index in [4.69, 9.17) is 0 Å². The lowest BCUT2D eigenvalue weighted by Gasteiger charge is -2.21. The topological polar surface area (TPSA) is 75.1 Å². The Bertz CT molecular complexity index is 716. The van der Waals surface area contributed by atoms with Crippen molar-refractivity contribution < 1.29 is 0 Å². The number of aromatic amines is 1. The Balaban J connectivity index is 1.69. The van der Waals surface area contributed by atoms with Gasteiger partial charge in [0.25, 0.3) is 11.3 Å². The number of aryl methyl sites for hydroxylation is 1. The maximum atomic E-state index is 12.5. The van der Waals surface area contributed by atoms with Crippen molar-refractivity contribution in [1.82, 2.24) is 19.6 Å². The van der Waals surface area contributed by atoms with Crippen LogP contribution in [-0.4, -0.2) is 31.4 Å². The van der Waals surface area contributed by atoms with Gasteiger partial charge in [0.05, 0.1) is 10.6 Å². The van der Waals surface area contributed by atoms with E-state index in [0.717, 1.165) is 29.2 Å². The largest absolute Gasteiger partial charge is 0.352 e. The van der Waals surface area contributed by atoms with Crippen molar-refractivity contribution in [2.45, 2.75) is 55.9 Å². The van der Waals surface area contributed by atoms with Crippen LogP contribution < -0.4 is 10.9 Å². The molecule has 1 aliphatic heterocycles. The van der Waals surface area contributed by atoms with E-state index in [9.17, 15) is 4.79 Å². The summed E-state index contributed by atoms with van der Waals surface area (Å²) in [4.78, 5) is 22.3. The van der Waals surface area contributed by atoms with E-state index in [1.54, 1.807) is 11.8 Å². The van der Waals surface area contributed by atoms with E-state index < -0.39 is 0 Å². The van der Waals surface area contributed by atoms with Crippen molar-refractivity contribution >= 4 is 23.5 Å². The van der Waals surface area contributed by atoms with Crippen LogP contribution in [0.5, 0.6) is 0 Å². The van der Waals surface area contributed by atoms with Crippen LogP contribution in [0.1, 0.15) is 44.2 Å². The highest BCUT2D eigenvalue weighted by molar-refractivity contribution is 7.99. The van der Waals surface area contributed by atoms with Gasteiger partial charge in [-0.05, 0) is 31.4 Å². The summed E-state index contributed by atoms with van der Waals surface area (Å²) in [6.45, 7) is 0. The molecule has 0 aromatic carbocycles. The van der Waals surface area contributed by atoms with Crippen LogP contribution in [0, 0.1) is 0 Å². The molecule has 0 spiro atoms. The number of hydrogen-bond donors (Lipinski definition) is 2. The van der Waals surface area contributed by atoms with Crippen LogP contribution in [-0.2, 0) is 6.42 Å². The number of nitrogens with one attached hydrogen (secondary N) is 2. The minimum atomic E-state index is -0.0103. The van der Waals surface area contributed by atoms with E-state index in [0.29, 0.717) is 17.8 Å². The fraction of sp³-hybridized carbons (Fsp3) is 0.643. The van der Waals surface area contributed by atoms with Crippen LogP contribution in [0.4, 0.5) is 5.95 Å². The van der Waals surface area contributed by atoms with Crippen LogP contribution >= 0.6 is 11.8 Å². The summed E-state index contributed by atoms with van der Waals surface area (Å²) in [6, 6.07) is 0.457. The maximum Gasteiger partial charge on any atom is 0.287 e. The zero-order valence-corrected chi connectivity index (χ0v) is 12.7. The number of H-pyrrole nitrogens is 1. The number of aromatic nitrogens is 4. The first-order chi connectivity index (χ1) is 10.3. The van der Waals surface area contributed by atoms with Gasteiger partial charge in [-0.15, -0.1) is 11.8 Å². The lowest BCUT2D eigenvalue weighted by molar-refractivity contribution is 0.461. The summed E-state index contributed by atoms with van der Waals surface area (Å²) < 4.78 is 1.47. The standard InChI is InChI=1S/C14H19N5OS/c20-12-11-10(7-4-8-21-11)16-14-17-13(18-19(12)14)15-9-5-2-1-3-6-9/h9H,1-8H2,(H2,15,16,17,18). The molecular formula is C14H19N5OS. The first kappa shape index (κ1) is 13.2. The van der Waals surface area contributed by atoms with Gasteiger partial charge >= 0.3 is 0 Å². The molecule has 6 nitrogen and oxygen atoms in total. The second kappa shape index (κ2) is 5.36. The van der Waals surface area contributed by atoms with Crippen LogP contribution in [0.15, 0.2) is 9.69 Å². The molecule has 1 saturated carbocycles. The highest BCUT2D eigenvalue weighted by Crippen LogP contribution is 2.26. The third-order valence-corrected chi connectivity index (χ3v) is 5.47. The number of rotatable bonds is 2. The normalized spacial score (nSPS) is 19.6. The van der Waals surface area contributed by atoms with Gasteiger partial charge in [0.1, 0.15) is 0 Å². The third-order valence-electron chi connectivity index (χ3n) is 4.27. The Morgan fingerprint density at radius 3 is 2.90 bits per heavy atom. The van der Waals surface area contributed by atoms with Gasteiger partial charge in [0.2, 0.25) is 5.95 Å². The quantitative estimate of drug-likeness (QED) is 0.889. The number of thioether (sulfide) groups is 1. The van der Waals surface area contributed by atoms with E-state index >= 15 is 0 Å². The molecule has 2 N–H and O–H groups in total. The molecule has 2 aromatic heterocycles. The molecule has 0 atom stereocenters. The molecule has 0 bridgehead atoms. The second-order valence-corrected chi connectivity index (χ2v) is 6.94. The van der Waals surface area contributed by atoms with Crippen molar-refractivity contribution in [3.63, 3.8) is 0 Å². The zero-order valence-electron chi connectivity index (χ0n) is 11.9. The lowest BCUT2D eigenvalue weighted by atomic mass is 9.96. The minimum Gasteiger partial charge on any atom is -0.352 e. The molecule has 1 aliphatic carbocycles. The molecule has 0 amide bonds. The molecule has 21 heavy (non-hydrogen) atoms. The Morgan fingerprint density at radius 2 is 2.05 bits per heavy atom. The van der Waals surface area contributed by atoms with Gasteiger partial charge in [0, 0.05) is 6.04 Å². The highest BCUT2D eigenvalue weighted by Gasteiger charge is 2.20. The Labute approximate surface area is 126 Å². The maximum absolute atomic E-state index is 12.5. The SMILES string of the molecule is O=c1c2c(nc3nc(NC4CCCCC4)[nH]n13)CCCS2. The predicted molar refractivity (Wildman–Crippen MR) is 83.1 cm³/mol. The molecule has 0 saturated heterocycles. The molecule has 0 unspecified atom stereocenters. The van der Waals surface area contributed by atoms with Gasteiger partial charge in [0.15, 0.2) is 0 Å². The van der Waals surface area contributed by atoms with Crippen LogP contribution in [0.2, 0.25) is 0 Å². The van der Waals surface area contributed by atoms with Crippen LogP contribution in [0.3, 0.4) is 0 Å². The molecule has 7 heteroatoms. The van der Waals surface area contributed by atoms with Crippen molar-refractivity contribution in [3.05, 3.63) is 16.0 Å². The highest BCUT2D eigenvalue weighted by atomic mass is 32.2. The number of hydrogen-bond acceptors (Lipinski definition) is 5. The van der Waals surface area contributed by atoms with Gasteiger partial charge in [-0.1, -0.05) is 19.3 Å². The Hall–Kier alpha value is -1.50. The van der Waals surface area contributed by atoms with E-state index in [2.05, 4.69) is 20.4 Å². The summed E-state index contributed by atoms with van der Waals surface area (Å²) in [5, 5.41) is 6.48. The number of nitrogens with zero attached hydrogens (tertiary/aromatic N) is 3. The van der Waals surface area contributed by atoms with Crippen LogP contribution in [0.25, 0.3) is 5.78 Å². The molecule has 3 heterocycles. The van der Waals surface area contributed by atoms with Gasteiger partial charge in [-0.25, -0.2) is 4.98 Å². The molecular weight excluding hydrogens is 286 g/mol. The molecule has 2 aromatic rings. The first-order valence-electron chi connectivity index (χ1n) is 7.72. The average Bonchev–Trinajstić information content (AvgIpc) is 2.91. The van der Waals surface area contributed by atoms with E-state index in [1.165, 1.54) is 36.6 Å². The molecule has 1 fully saturated rings. The first-order valence-corrected chi connectivity index (χ1v) is 8.71. The fourth-order valence-corrected chi connectivity index (χ4v) is 4.20. The summed E-state index contributed by atoms with van der Waals surface area (Å²) in [7, 11) is 0. The Morgan fingerprint density at radius 1 is 1.19 bits per heavy atom. The minimum absolute atomic E-state index is 0.0103. The molecule has 112 valence electrons. The average molecular weight is 305 g/mol. The number of anilines is 1. The number of fused-ring (bicyclic) bond motifs is 2. The van der Waals surface area contributed by atoms with Gasteiger partial charge < -0.3 is 5.32 Å².